The topological polar surface area (TPSA) is 75.6 Å². The molecule has 0 saturated carbocycles. The standard InChI is InChI=1S/C21H20N4O3S/c1-28-21(27)17-8-7-16(29-17)20(26)25-13-11-24(12-14-25)18-9-10-22-19(23-18)15-5-3-2-4-6-15/h2-10H,11-14H2,1H3. The highest BCUT2D eigenvalue weighted by atomic mass is 32.1. The fourth-order valence-corrected chi connectivity index (χ4v) is 4.10. The molecule has 0 aliphatic carbocycles. The summed E-state index contributed by atoms with van der Waals surface area (Å²) in [6, 6.07) is 15.1. The van der Waals surface area contributed by atoms with Gasteiger partial charge in [-0.15, -0.1) is 11.3 Å². The highest BCUT2D eigenvalue weighted by Crippen LogP contribution is 2.22. The Morgan fingerprint density at radius 1 is 0.966 bits per heavy atom. The third kappa shape index (κ3) is 4.12. The quantitative estimate of drug-likeness (QED) is 0.618. The minimum atomic E-state index is -0.420. The van der Waals surface area contributed by atoms with Crippen molar-refractivity contribution in [3.05, 3.63) is 64.5 Å². The van der Waals surface area contributed by atoms with Crippen molar-refractivity contribution in [2.45, 2.75) is 0 Å². The Balaban J connectivity index is 1.41. The Morgan fingerprint density at radius 2 is 1.69 bits per heavy atom. The number of rotatable bonds is 4. The van der Waals surface area contributed by atoms with Crippen LogP contribution >= 0.6 is 11.3 Å². The van der Waals surface area contributed by atoms with Crippen LogP contribution in [0.2, 0.25) is 0 Å². The third-order valence-corrected chi connectivity index (χ3v) is 5.82. The molecule has 0 bridgehead atoms. The number of carbonyl (C=O) groups is 2. The number of hydrogen-bond donors (Lipinski definition) is 0. The van der Waals surface area contributed by atoms with E-state index in [1.807, 2.05) is 41.3 Å². The van der Waals surface area contributed by atoms with Crippen LogP contribution in [0.3, 0.4) is 0 Å². The van der Waals surface area contributed by atoms with Gasteiger partial charge >= 0.3 is 5.97 Å². The molecule has 0 radical (unpaired) electrons. The molecule has 3 aromatic rings. The number of amides is 1. The van der Waals surface area contributed by atoms with E-state index in [0.29, 0.717) is 41.8 Å². The Morgan fingerprint density at radius 3 is 2.41 bits per heavy atom. The van der Waals surface area contributed by atoms with Crippen molar-refractivity contribution in [1.29, 1.82) is 0 Å². The van der Waals surface area contributed by atoms with E-state index in [-0.39, 0.29) is 5.91 Å². The van der Waals surface area contributed by atoms with Crippen molar-refractivity contribution in [3.8, 4) is 11.4 Å². The number of hydrogen-bond acceptors (Lipinski definition) is 7. The summed E-state index contributed by atoms with van der Waals surface area (Å²) < 4.78 is 4.71. The van der Waals surface area contributed by atoms with E-state index in [1.165, 1.54) is 7.11 Å². The minimum Gasteiger partial charge on any atom is -0.465 e. The van der Waals surface area contributed by atoms with E-state index < -0.39 is 5.97 Å². The first-order chi connectivity index (χ1) is 14.2. The Bertz CT molecular complexity index is 1010. The first-order valence-corrected chi connectivity index (χ1v) is 10.1. The molecule has 3 heterocycles. The number of anilines is 1. The lowest BCUT2D eigenvalue weighted by Crippen LogP contribution is -2.48. The molecule has 1 fully saturated rings. The number of aromatic nitrogens is 2. The van der Waals surface area contributed by atoms with Gasteiger partial charge in [-0.25, -0.2) is 14.8 Å². The highest BCUT2D eigenvalue weighted by molar-refractivity contribution is 7.15. The van der Waals surface area contributed by atoms with Gasteiger partial charge in [0.2, 0.25) is 0 Å². The second-order valence-corrected chi connectivity index (χ2v) is 7.62. The van der Waals surface area contributed by atoms with Crippen LogP contribution in [0.4, 0.5) is 5.82 Å². The third-order valence-electron chi connectivity index (χ3n) is 4.77. The Kier molecular flexibility index (Phi) is 5.53. The zero-order valence-corrected chi connectivity index (χ0v) is 16.8. The molecule has 1 aromatic carbocycles. The van der Waals surface area contributed by atoms with Gasteiger partial charge in [0, 0.05) is 37.9 Å². The summed E-state index contributed by atoms with van der Waals surface area (Å²) in [4.78, 5) is 38.4. The van der Waals surface area contributed by atoms with E-state index in [4.69, 9.17) is 4.74 Å². The molecule has 29 heavy (non-hydrogen) atoms. The lowest BCUT2D eigenvalue weighted by atomic mass is 10.2. The maximum Gasteiger partial charge on any atom is 0.348 e. The first-order valence-electron chi connectivity index (χ1n) is 9.26. The average Bonchev–Trinajstić information content (AvgIpc) is 3.29. The van der Waals surface area contributed by atoms with Gasteiger partial charge in [-0.05, 0) is 18.2 Å². The number of thiophene rings is 1. The summed E-state index contributed by atoms with van der Waals surface area (Å²) in [5.41, 5.74) is 0.974. The van der Waals surface area contributed by atoms with Crippen LogP contribution in [0.25, 0.3) is 11.4 Å². The zero-order valence-electron chi connectivity index (χ0n) is 15.9. The molecule has 7 nitrogen and oxygen atoms in total. The minimum absolute atomic E-state index is 0.0579. The summed E-state index contributed by atoms with van der Waals surface area (Å²) in [5.74, 6) is 1.07. The van der Waals surface area contributed by atoms with Crippen LogP contribution in [0.5, 0.6) is 0 Å². The van der Waals surface area contributed by atoms with Crippen molar-refractivity contribution in [2.75, 3.05) is 38.2 Å². The number of carbonyl (C=O) groups excluding carboxylic acids is 2. The largest absolute Gasteiger partial charge is 0.465 e. The van der Waals surface area contributed by atoms with Crippen LogP contribution in [-0.2, 0) is 4.74 Å². The van der Waals surface area contributed by atoms with Crippen LogP contribution in [0.15, 0.2) is 54.7 Å². The predicted molar refractivity (Wildman–Crippen MR) is 111 cm³/mol. The molecule has 148 valence electrons. The normalized spacial score (nSPS) is 14.0. The molecule has 1 amide bonds. The number of benzene rings is 1. The van der Waals surface area contributed by atoms with Gasteiger partial charge in [-0.1, -0.05) is 30.3 Å². The van der Waals surface area contributed by atoms with E-state index >= 15 is 0 Å². The molecule has 8 heteroatoms. The zero-order chi connectivity index (χ0) is 20.2. The van der Waals surface area contributed by atoms with Crippen LogP contribution < -0.4 is 4.90 Å². The molecular formula is C21H20N4O3S. The van der Waals surface area contributed by atoms with E-state index in [2.05, 4.69) is 14.9 Å². The smallest absolute Gasteiger partial charge is 0.348 e. The molecule has 1 aliphatic heterocycles. The molecule has 0 atom stereocenters. The van der Waals surface area contributed by atoms with Gasteiger partial charge in [-0.2, -0.15) is 0 Å². The second-order valence-electron chi connectivity index (χ2n) is 6.54. The Hall–Kier alpha value is -3.26. The summed E-state index contributed by atoms with van der Waals surface area (Å²) >= 11 is 1.16. The van der Waals surface area contributed by atoms with Crippen molar-refractivity contribution in [1.82, 2.24) is 14.9 Å². The van der Waals surface area contributed by atoms with Crippen LogP contribution in [0, 0.1) is 0 Å². The van der Waals surface area contributed by atoms with E-state index in [0.717, 1.165) is 22.7 Å². The van der Waals surface area contributed by atoms with Gasteiger partial charge in [0.1, 0.15) is 10.7 Å². The van der Waals surface area contributed by atoms with Crippen molar-refractivity contribution in [2.24, 2.45) is 0 Å². The number of esters is 1. The maximum absolute atomic E-state index is 12.7. The van der Waals surface area contributed by atoms with Crippen LogP contribution in [0.1, 0.15) is 19.3 Å². The second kappa shape index (κ2) is 8.40. The molecule has 4 rings (SSSR count). The van der Waals surface area contributed by atoms with Crippen LogP contribution in [-0.4, -0.2) is 60.0 Å². The van der Waals surface area contributed by atoms with Gasteiger partial charge in [0.15, 0.2) is 5.82 Å². The highest BCUT2D eigenvalue weighted by Gasteiger charge is 2.25. The molecule has 1 saturated heterocycles. The SMILES string of the molecule is COC(=O)c1ccc(C(=O)N2CCN(c3ccnc(-c4ccccc4)n3)CC2)s1. The lowest BCUT2D eigenvalue weighted by molar-refractivity contribution is 0.0606. The summed E-state index contributed by atoms with van der Waals surface area (Å²) in [7, 11) is 1.33. The predicted octanol–water partition coefficient (Wildman–Crippen LogP) is 2.95. The van der Waals surface area contributed by atoms with Gasteiger partial charge in [-0.3, -0.25) is 4.79 Å². The summed E-state index contributed by atoms with van der Waals surface area (Å²) in [6.07, 6.45) is 1.77. The number of piperazine rings is 1. The van der Waals surface area contributed by atoms with Crippen molar-refractivity contribution >= 4 is 29.0 Å². The fraction of sp³-hybridized carbons (Fsp3) is 0.238. The summed E-state index contributed by atoms with van der Waals surface area (Å²) in [5, 5.41) is 0. The van der Waals surface area contributed by atoms with Crippen molar-refractivity contribution < 1.29 is 14.3 Å². The van der Waals surface area contributed by atoms with E-state index in [1.54, 1.807) is 18.3 Å². The van der Waals surface area contributed by atoms with Crippen molar-refractivity contribution in [3.63, 3.8) is 0 Å². The van der Waals surface area contributed by atoms with E-state index in [9.17, 15) is 9.59 Å². The molecule has 0 unspecified atom stereocenters. The van der Waals surface area contributed by atoms with Gasteiger partial charge < -0.3 is 14.5 Å². The molecule has 1 aliphatic rings. The Labute approximate surface area is 172 Å². The molecular weight excluding hydrogens is 388 g/mol. The lowest BCUT2D eigenvalue weighted by Gasteiger charge is -2.35. The summed E-state index contributed by atoms with van der Waals surface area (Å²) in [6.45, 7) is 2.56. The van der Waals surface area contributed by atoms with Gasteiger partial charge in [0.25, 0.3) is 5.91 Å². The molecule has 0 spiro atoms. The number of methoxy groups -OCH3 is 1. The number of nitrogens with zero attached hydrogens (tertiary/aromatic N) is 4. The molecule has 2 aromatic heterocycles. The van der Waals surface area contributed by atoms with Gasteiger partial charge in [0.05, 0.1) is 12.0 Å². The number of ether oxygens (including phenoxy) is 1. The fourth-order valence-electron chi connectivity index (χ4n) is 3.21. The monoisotopic (exact) mass is 408 g/mol. The average molecular weight is 408 g/mol. The first kappa shape index (κ1) is 19.1. The maximum atomic E-state index is 12.7. The molecule has 0 N–H and O–H groups in total.